The molecule has 1 saturated heterocycles. The van der Waals surface area contributed by atoms with E-state index in [4.69, 9.17) is 16.3 Å². The van der Waals surface area contributed by atoms with Gasteiger partial charge in [-0.25, -0.2) is 4.79 Å². The summed E-state index contributed by atoms with van der Waals surface area (Å²) in [5.41, 5.74) is 0.577. The summed E-state index contributed by atoms with van der Waals surface area (Å²) in [5.74, 6) is -0.676. The maximum atomic E-state index is 12.0. The molecule has 0 aliphatic carbocycles. The molecule has 2 atom stereocenters. The fourth-order valence-corrected chi connectivity index (χ4v) is 3.39. The number of rotatable bonds is 5. The Kier molecular flexibility index (Phi) is 6.29. The second kappa shape index (κ2) is 8.21. The van der Waals surface area contributed by atoms with E-state index in [0.29, 0.717) is 16.5 Å². The van der Waals surface area contributed by atoms with Gasteiger partial charge in [0, 0.05) is 22.9 Å². The van der Waals surface area contributed by atoms with E-state index < -0.39 is 17.3 Å². The minimum Gasteiger partial charge on any atom is -0.464 e. The van der Waals surface area contributed by atoms with Gasteiger partial charge in [-0.15, -0.1) is 11.8 Å². The van der Waals surface area contributed by atoms with Crippen molar-refractivity contribution in [3.05, 3.63) is 29.3 Å². The molecule has 8 heteroatoms. The molecule has 2 rings (SSSR count). The minimum atomic E-state index is -0.653. The van der Waals surface area contributed by atoms with E-state index in [-0.39, 0.29) is 24.8 Å². The molecular weight excluding hydrogens is 340 g/mol. The number of nitrogens with one attached hydrogen (secondary N) is 2. The summed E-state index contributed by atoms with van der Waals surface area (Å²) in [5, 5.41) is 5.28. The van der Waals surface area contributed by atoms with Gasteiger partial charge >= 0.3 is 5.97 Å². The number of anilines is 1. The number of amides is 2. The van der Waals surface area contributed by atoms with Crippen LogP contribution in [0, 0.1) is 0 Å². The van der Waals surface area contributed by atoms with Crippen LogP contribution in [0.25, 0.3) is 0 Å². The molecule has 1 aromatic rings. The molecule has 124 valence electrons. The standard InChI is InChI=1S/C15H17ClN2O4S/c1-2-22-15(21)11-8-23-12(14(20)18-11)7-13(19)17-10-5-3-4-9(16)6-10/h3-6,11-12H,2,7-8H2,1H3,(H,17,19)(H,18,20)/t11-,12-/m1/s1. The predicted octanol–water partition coefficient (Wildman–Crippen LogP) is 1.83. The summed E-state index contributed by atoms with van der Waals surface area (Å²) in [6.45, 7) is 1.97. The number of carbonyl (C=O) groups is 3. The van der Waals surface area contributed by atoms with E-state index in [1.165, 1.54) is 11.8 Å². The fraction of sp³-hybridized carbons (Fsp3) is 0.400. The number of hydrogen-bond donors (Lipinski definition) is 2. The molecule has 1 heterocycles. The number of benzene rings is 1. The molecule has 0 unspecified atom stereocenters. The second-order valence-corrected chi connectivity index (χ2v) is 6.57. The zero-order chi connectivity index (χ0) is 16.8. The predicted molar refractivity (Wildman–Crippen MR) is 89.5 cm³/mol. The fourth-order valence-electron chi connectivity index (χ4n) is 2.06. The first-order chi connectivity index (χ1) is 11.0. The summed E-state index contributed by atoms with van der Waals surface area (Å²) in [6, 6.07) is 6.12. The Labute approximate surface area is 143 Å². The molecule has 1 fully saturated rings. The Balaban J connectivity index is 1.85. The molecule has 2 N–H and O–H groups in total. The van der Waals surface area contributed by atoms with Gasteiger partial charge in [0.1, 0.15) is 6.04 Å². The van der Waals surface area contributed by atoms with Crippen LogP contribution >= 0.6 is 23.4 Å². The third-order valence-corrected chi connectivity index (χ3v) is 4.67. The first-order valence-electron chi connectivity index (χ1n) is 7.13. The van der Waals surface area contributed by atoms with Crippen LogP contribution in [0.5, 0.6) is 0 Å². The smallest absolute Gasteiger partial charge is 0.329 e. The third-order valence-electron chi connectivity index (χ3n) is 3.12. The molecule has 0 bridgehead atoms. The van der Waals surface area contributed by atoms with Gasteiger partial charge in [-0.05, 0) is 25.1 Å². The van der Waals surface area contributed by atoms with E-state index in [2.05, 4.69) is 10.6 Å². The van der Waals surface area contributed by atoms with Crippen molar-refractivity contribution in [2.75, 3.05) is 17.7 Å². The van der Waals surface area contributed by atoms with Crippen LogP contribution in [0.15, 0.2) is 24.3 Å². The van der Waals surface area contributed by atoms with Crippen molar-refractivity contribution >= 4 is 46.8 Å². The quantitative estimate of drug-likeness (QED) is 0.786. The molecule has 1 aromatic carbocycles. The van der Waals surface area contributed by atoms with Crippen molar-refractivity contribution in [1.82, 2.24) is 5.32 Å². The zero-order valence-electron chi connectivity index (χ0n) is 12.5. The summed E-state index contributed by atoms with van der Waals surface area (Å²) in [4.78, 5) is 35.6. The molecule has 2 amide bonds. The SMILES string of the molecule is CCOC(=O)[C@H]1CS[C@H](CC(=O)Nc2cccc(Cl)c2)C(=O)N1. The molecule has 0 aromatic heterocycles. The monoisotopic (exact) mass is 356 g/mol. The number of carbonyl (C=O) groups excluding carboxylic acids is 3. The number of thioether (sulfide) groups is 1. The highest BCUT2D eigenvalue weighted by molar-refractivity contribution is 8.00. The van der Waals surface area contributed by atoms with E-state index in [1.54, 1.807) is 31.2 Å². The van der Waals surface area contributed by atoms with E-state index in [0.717, 1.165) is 0 Å². The van der Waals surface area contributed by atoms with Gasteiger partial charge in [0.2, 0.25) is 11.8 Å². The second-order valence-electron chi connectivity index (χ2n) is 4.90. The van der Waals surface area contributed by atoms with Crippen LogP contribution in [0.3, 0.4) is 0 Å². The number of ether oxygens (including phenoxy) is 1. The maximum absolute atomic E-state index is 12.0. The molecule has 6 nitrogen and oxygen atoms in total. The Bertz CT molecular complexity index is 611. The zero-order valence-corrected chi connectivity index (χ0v) is 14.1. The van der Waals surface area contributed by atoms with Crippen molar-refractivity contribution in [3.8, 4) is 0 Å². The summed E-state index contributed by atoms with van der Waals surface area (Å²) >= 11 is 7.13. The van der Waals surface area contributed by atoms with Crippen LogP contribution in [0.4, 0.5) is 5.69 Å². The number of esters is 1. The van der Waals surface area contributed by atoms with Crippen LogP contribution in [-0.2, 0) is 19.1 Å². The molecule has 0 saturated carbocycles. The van der Waals surface area contributed by atoms with E-state index in [1.807, 2.05) is 0 Å². The normalized spacial score (nSPS) is 20.5. The average molecular weight is 357 g/mol. The van der Waals surface area contributed by atoms with Crippen LogP contribution in [-0.4, -0.2) is 41.4 Å². The molecule has 0 spiro atoms. The van der Waals surface area contributed by atoms with Gasteiger partial charge < -0.3 is 15.4 Å². The highest BCUT2D eigenvalue weighted by Crippen LogP contribution is 2.22. The third kappa shape index (κ3) is 5.14. The van der Waals surface area contributed by atoms with Gasteiger partial charge in [-0.3, -0.25) is 9.59 Å². The minimum absolute atomic E-state index is 0.0263. The Morgan fingerprint density at radius 1 is 1.48 bits per heavy atom. The Morgan fingerprint density at radius 3 is 2.91 bits per heavy atom. The first kappa shape index (κ1) is 17.6. The highest BCUT2D eigenvalue weighted by Gasteiger charge is 2.34. The average Bonchev–Trinajstić information content (AvgIpc) is 2.49. The maximum Gasteiger partial charge on any atom is 0.329 e. The van der Waals surface area contributed by atoms with Crippen molar-refractivity contribution in [3.63, 3.8) is 0 Å². The first-order valence-corrected chi connectivity index (χ1v) is 8.56. The summed E-state index contributed by atoms with van der Waals surface area (Å²) in [6.07, 6.45) is 0.0263. The largest absolute Gasteiger partial charge is 0.464 e. The highest BCUT2D eigenvalue weighted by atomic mass is 35.5. The number of halogens is 1. The van der Waals surface area contributed by atoms with Crippen molar-refractivity contribution < 1.29 is 19.1 Å². The van der Waals surface area contributed by atoms with Gasteiger partial charge in [0.25, 0.3) is 0 Å². The van der Waals surface area contributed by atoms with Crippen LogP contribution in [0.2, 0.25) is 5.02 Å². The van der Waals surface area contributed by atoms with Gasteiger partial charge in [-0.1, -0.05) is 17.7 Å². The number of hydrogen-bond acceptors (Lipinski definition) is 5. The lowest BCUT2D eigenvalue weighted by Crippen LogP contribution is -2.51. The van der Waals surface area contributed by atoms with Gasteiger partial charge in [0.05, 0.1) is 11.9 Å². The molecule has 1 aliphatic heterocycles. The Morgan fingerprint density at radius 2 is 2.26 bits per heavy atom. The van der Waals surface area contributed by atoms with Gasteiger partial charge in [-0.2, -0.15) is 0 Å². The molecule has 23 heavy (non-hydrogen) atoms. The van der Waals surface area contributed by atoms with Crippen molar-refractivity contribution in [2.45, 2.75) is 24.6 Å². The molecular formula is C15H17ClN2O4S. The topological polar surface area (TPSA) is 84.5 Å². The summed E-state index contributed by atoms with van der Waals surface area (Å²) in [7, 11) is 0. The van der Waals surface area contributed by atoms with Crippen molar-refractivity contribution in [1.29, 1.82) is 0 Å². The lowest BCUT2D eigenvalue weighted by Gasteiger charge is -2.27. The summed E-state index contributed by atoms with van der Waals surface area (Å²) < 4.78 is 4.88. The Hall–Kier alpha value is -1.73. The van der Waals surface area contributed by atoms with Crippen LogP contribution in [0.1, 0.15) is 13.3 Å². The lowest BCUT2D eigenvalue weighted by atomic mass is 10.2. The van der Waals surface area contributed by atoms with E-state index in [9.17, 15) is 14.4 Å². The molecule has 1 aliphatic rings. The van der Waals surface area contributed by atoms with Crippen molar-refractivity contribution in [2.24, 2.45) is 0 Å². The lowest BCUT2D eigenvalue weighted by molar-refractivity contribution is -0.146. The molecule has 0 radical (unpaired) electrons. The van der Waals surface area contributed by atoms with Gasteiger partial charge in [0.15, 0.2) is 0 Å². The van der Waals surface area contributed by atoms with Crippen LogP contribution < -0.4 is 10.6 Å². The van der Waals surface area contributed by atoms with E-state index >= 15 is 0 Å².